The number of nitrogens with zero attached hydrogens (tertiary/aromatic N) is 3. The summed E-state index contributed by atoms with van der Waals surface area (Å²) in [5.41, 5.74) is 2.11. The fourth-order valence-electron chi connectivity index (χ4n) is 1.42. The molecule has 0 aliphatic heterocycles. The third kappa shape index (κ3) is 1.47. The Balaban J connectivity index is 2.58. The summed E-state index contributed by atoms with van der Waals surface area (Å²) < 4.78 is 2.46. The van der Waals surface area contributed by atoms with Crippen LogP contribution in [0.2, 0.25) is 0 Å². The van der Waals surface area contributed by atoms with Crippen LogP contribution < -0.4 is 17.0 Å². The zero-order valence-corrected chi connectivity index (χ0v) is 8.62. The van der Waals surface area contributed by atoms with E-state index in [0.717, 1.165) is 4.68 Å². The monoisotopic (exact) mass is 221 g/mol. The van der Waals surface area contributed by atoms with Crippen molar-refractivity contribution in [2.24, 2.45) is 5.84 Å². The van der Waals surface area contributed by atoms with Gasteiger partial charge in [0.1, 0.15) is 6.04 Å². The summed E-state index contributed by atoms with van der Waals surface area (Å²) in [6, 6.07) is 4.43. The molecule has 0 bridgehead atoms. The van der Waals surface area contributed by atoms with Gasteiger partial charge in [-0.25, -0.2) is 15.3 Å². The van der Waals surface area contributed by atoms with E-state index in [0.29, 0.717) is 5.65 Å². The van der Waals surface area contributed by atoms with Crippen LogP contribution in [-0.2, 0) is 4.79 Å². The molecule has 1 amide bonds. The van der Waals surface area contributed by atoms with Crippen molar-refractivity contribution >= 4 is 11.6 Å². The average Bonchev–Trinajstić information content (AvgIpc) is 2.65. The van der Waals surface area contributed by atoms with E-state index in [4.69, 9.17) is 5.84 Å². The summed E-state index contributed by atoms with van der Waals surface area (Å²) >= 11 is 0. The molecule has 2 heterocycles. The van der Waals surface area contributed by atoms with Crippen molar-refractivity contribution in [1.29, 1.82) is 0 Å². The van der Waals surface area contributed by atoms with Gasteiger partial charge in [-0.2, -0.15) is 0 Å². The molecule has 16 heavy (non-hydrogen) atoms. The van der Waals surface area contributed by atoms with Crippen molar-refractivity contribution in [3.05, 3.63) is 34.9 Å². The summed E-state index contributed by atoms with van der Waals surface area (Å²) in [6.07, 6.45) is 1.59. The Morgan fingerprint density at radius 1 is 1.56 bits per heavy atom. The van der Waals surface area contributed by atoms with Crippen molar-refractivity contribution in [1.82, 2.24) is 19.6 Å². The lowest BCUT2D eigenvalue weighted by Gasteiger charge is -2.07. The van der Waals surface area contributed by atoms with Gasteiger partial charge in [0, 0.05) is 6.20 Å². The molecule has 0 spiro atoms. The first-order chi connectivity index (χ1) is 7.65. The van der Waals surface area contributed by atoms with Gasteiger partial charge in [0.15, 0.2) is 5.65 Å². The first kappa shape index (κ1) is 10.4. The van der Waals surface area contributed by atoms with Crippen LogP contribution in [0.3, 0.4) is 0 Å². The molecule has 84 valence electrons. The standard InChI is InChI=1S/C9H11N5O2/c1-6(8(15)11-10)14-9(16)13-5-3-2-4-7(13)12-14/h2-6H,10H2,1H3,(H,11,15). The second kappa shape index (κ2) is 3.78. The molecule has 7 nitrogen and oxygen atoms in total. The number of nitrogens with two attached hydrogens (primary N) is 1. The minimum atomic E-state index is -0.739. The Morgan fingerprint density at radius 3 is 2.94 bits per heavy atom. The maximum atomic E-state index is 11.8. The molecule has 2 aromatic heterocycles. The van der Waals surface area contributed by atoms with E-state index in [1.165, 1.54) is 4.40 Å². The molecule has 7 heteroatoms. The number of pyridine rings is 1. The van der Waals surface area contributed by atoms with E-state index in [9.17, 15) is 9.59 Å². The highest BCUT2D eigenvalue weighted by Gasteiger charge is 2.18. The Morgan fingerprint density at radius 2 is 2.31 bits per heavy atom. The number of carbonyl (C=O) groups excluding carboxylic acids is 1. The second-order valence-electron chi connectivity index (χ2n) is 3.34. The third-order valence-corrected chi connectivity index (χ3v) is 2.34. The molecule has 0 aliphatic carbocycles. The van der Waals surface area contributed by atoms with Crippen LogP contribution in [0.15, 0.2) is 29.2 Å². The quantitative estimate of drug-likeness (QED) is 0.388. The van der Waals surface area contributed by atoms with Crippen LogP contribution in [0.1, 0.15) is 13.0 Å². The fourth-order valence-corrected chi connectivity index (χ4v) is 1.42. The molecule has 0 aromatic carbocycles. The lowest BCUT2D eigenvalue weighted by Crippen LogP contribution is -2.39. The molecule has 0 saturated heterocycles. The number of aromatic nitrogens is 3. The average molecular weight is 221 g/mol. The van der Waals surface area contributed by atoms with Gasteiger partial charge < -0.3 is 0 Å². The van der Waals surface area contributed by atoms with E-state index in [2.05, 4.69) is 5.10 Å². The number of amides is 1. The Labute approximate surface area is 90.4 Å². The summed E-state index contributed by atoms with van der Waals surface area (Å²) in [7, 11) is 0. The molecular formula is C9H11N5O2. The highest BCUT2D eigenvalue weighted by Crippen LogP contribution is 2.02. The van der Waals surface area contributed by atoms with Crippen LogP contribution in [-0.4, -0.2) is 20.1 Å². The van der Waals surface area contributed by atoms with Crippen molar-refractivity contribution in [3.8, 4) is 0 Å². The number of nitrogens with one attached hydrogen (secondary N) is 1. The number of hydrogen-bond donors (Lipinski definition) is 2. The Kier molecular flexibility index (Phi) is 2.45. The van der Waals surface area contributed by atoms with E-state index in [1.54, 1.807) is 31.3 Å². The summed E-state index contributed by atoms with van der Waals surface area (Å²) in [5.74, 6) is 4.54. The Bertz CT molecular complexity index is 585. The molecule has 0 saturated carbocycles. The highest BCUT2D eigenvalue weighted by molar-refractivity contribution is 5.79. The predicted octanol–water partition coefficient (Wildman–Crippen LogP) is -0.953. The lowest BCUT2D eigenvalue weighted by molar-refractivity contribution is -0.124. The minimum absolute atomic E-state index is 0.369. The first-order valence-electron chi connectivity index (χ1n) is 4.71. The lowest BCUT2D eigenvalue weighted by atomic mass is 10.3. The summed E-state index contributed by atoms with van der Waals surface area (Å²) in [6.45, 7) is 1.55. The van der Waals surface area contributed by atoms with Gasteiger partial charge in [-0.05, 0) is 19.1 Å². The van der Waals surface area contributed by atoms with Crippen LogP contribution in [0.5, 0.6) is 0 Å². The van der Waals surface area contributed by atoms with E-state index in [-0.39, 0.29) is 5.69 Å². The van der Waals surface area contributed by atoms with Crippen LogP contribution in [0.25, 0.3) is 5.65 Å². The van der Waals surface area contributed by atoms with Crippen LogP contribution in [0, 0.1) is 0 Å². The number of fused-ring (bicyclic) bond motifs is 1. The van der Waals surface area contributed by atoms with E-state index >= 15 is 0 Å². The van der Waals surface area contributed by atoms with Crippen molar-refractivity contribution in [2.75, 3.05) is 0 Å². The van der Waals surface area contributed by atoms with Crippen molar-refractivity contribution in [3.63, 3.8) is 0 Å². The summed E-state index contributed by atoms with van der Waals surface area (Å²) in [4.78, 5) is 23.1. The van der Waals surface area contributed by atoms with Gasteiger partial charge >= 0.3 is 5.69 Å². The van der Waals surface area contributed by atoms with Crippen LogP contribution >= 0.6 is 0 Å². The first-order valence-corrected chi connectivity index (χ1v) is 4.71. The molecule has 3 N–H and O–H groups in total. The topological polar surface area (TPSA) is 94.4 Å². The third-order valence-electron chi connectivity index (χ3n) is 2.34. The van der Waals surface area contributed by atoms with Crippen molar-refractivity contribution in [2.45, 2.75) is 13.0 Å². The van der Waals surface area contributed by atoms with Gasteiger partial charge in [-0.3, -0.25) is 14.6 Å². The molecule has 0 aliphatic rings. The van der Waals surface area contributed by atoms with Gasteiger partial charge in [0.05, 0.1) is 0 Å². The Hall–Kier alpha value is -2.15. The normalized spacial score (nSPS) is 12.6. The van der Waals surface area contributed by atoms with Gasteiger partial charge in [-0.15, -0.1) is 5.10 Å². The smallest absolute Gasteiger partial charge is 0.292 e. The number of rotatable bonds is 2. The molecule has 2 aromatic rings. The predicted molar refractivity (Wildman–Crippen MR) is 56.5 cm³/mol. The SMILES string of the molecule is CC(C(=O)NN)n1nc2ccccn2c1=O. The van der Waals surface area contributed by atoms with Gasteiger partial charge in [0.2, 0.25) is 0 Å². The number of hydrazine groups is 1. The maximum absolute atomic E-state index is 11.8. The number of hydrogen-bond acceptors (Lipinski definition) is 4. The molecule has 1 unspecified atom stereocenters. The van der Waals surface area contributed by atoms with Gasteiger partial charge in [-0.1, -0.05) is 6.07 Å². The largest absolute Gasteiger partial charge is 0.351 e. The fraction of sp³-hybridized carbons (Fsp3) is 0.222. The molecule has 1 atom stereocenters. The molecular weight excluding hydrogens is 210 g/mol. The molecule has 0 fully saturated rings. The maximum Gasteiger partial charge on any atom is 0.351 e. The van der Waals surface area contributed by atoms with Crippen LogP contribution in [0.4, 0.5) is 0 Å². The summed E-state index contributed by atoms with van der Waals surface area (Å²) in [5, 5.41) is 4.03. The second-order valence-corrected chi connectivity index (χ2v) is 3.34. The minimum Gasteiger partial charge on any atom is -0.292 e. The van der Waals surface area contributed by atoms with E-state index < -0.39 is 11.9 Å². The number of carbonyl (C=O) groups is 1. The zero-order chi connectivity index (χ0) is 11.7. The zero-order valence-electron chi connectivity index (χ0n) is 8.62. The van der Waals surface area contributed by atoms with E-state index in [1.807, 2.05) is 5.43 Å². The van der Waals surface area contributed by atoms with Gasteiger partial charge in [0.25, 0.3) is 5.91 Å². The highest BCUT2D eigenvalue weighted by atomic mass is 16.2. The van der Waals surface area contributed by atoms with Crippen molar-refractivity contribution < 1.29 is 4.79 Å². The molecule has 0 radical (unpaired) electrons. The molecule has 2 rings (SSSR count).